The van der Waals surface area contributed by atoms with Gasteiger partial charge in [0.05, 0.1) is 30.1 Å². The number of nitrogens with zero attached hydrogens (tertiary/aromatic N) is 2. The van der Waals surface area contributed by atoms with Crippen LogP contribution in [0.1, 0.15) is 23.3 Å². The lowest BCUT2D eigenvalue weighted by Gasteiger charge is -2.38. The highest BCUT2D eigenvalue weighted by atomic mass is 32.2. The van der Waals surface area contributed by atoms with Gasteiger partial charge in [0.15, 0.2) is 5.13 Å². The van der Waals surface area contributed by atoms with Gasteiger partial charge in [0.1, 0.15) is 10.9 Å². The van der Waals surface area contributed by atoms with Crippen LogP contribution >= 0.6 is 23.1 Å². The van der Waals surface area contributed by atoms with Gasteiger partial charge in [-0.05, 0) is 30.4 Å². The molecule has 2 aliphatic rings. The number of primary amides is 1. The number of aromatic nitrogens is 1. The van der Waals surface area contributed by atoms with Crippen LogP contribution in [0.15, 0.2) is 41.1 Å². The number of para-hydroxylation sites is 2. The summed E-state index contributed by atoms with van der Waals surface area (Å²) in [6, 6.07) is 7.19. The van der Waals surface area contributed by atoms with Gasteiger partial charge in [-0.2, -0.15) is 0 Å². The van der Waals surface area contributed by atoms with Crippen molar-refractivity contribution < 1.29 is 19.1 Å². The van der Waals surface area contributed by atoms with Gasteiger partial charge < -0.3 is 31.7 Å². The van der Waals surface area contributed by atoms with Crippen molar-refractivity contribution in [3.05, 3.63) is 46.8 Å². The number of hydrogen-bond acceptors (Lipinski definition) is 10. The molecule has 2 aromatic rings. The quantitative estimate of drug-likeness (QED) is 0.415. The molecule has 12 heteroatoms. The van der Waals surface area contributed by atoms with E-state index >= 15 is 0 Å². The van der Waals surface area contributed by atoms with Crippen molar-refractivity contribution in [2.24, 2.45) is 11.5 Å². The molecule has 2 amide bonds. The summed E-state index contributed by atoms with van der Waals surface area (Å²) in [7, 11) is 1.36. The molecule has 6 N–H and O–H groups in total. The predicted molar refractivity (Wildman–Crippen MR) is 134 cm³/mol. The number of thiazole rings is 1. The Hall–Kier alpha value is -3.09. The molecular weight excluding hydrogens is 476 g/mol. The second-order valence-corrected chi connectivity index (χ2v) is 10.0. The van der Waals surface area contributed by atoms with Crippen LogP contribution in [0, 0.1) is 0 Å². The third kappa shape index (κ3) is 5.03. The third-order valence-corrected chi connectivity index (χ3v) is 7.80. The number of esters is 1. The number of anilines is 3. The lowest BCUT2D eigenvalue weighted by Crippen LogP contribution is -2.58. The molecule has 2 atom stereocenters. The molecule has 0 bridgehead atoms. The number of amides is 2. The van der Waals surface area contributed by atoms with Gasteiger partial charge in [0, 0.05) is 18.5 Å². The van der Waals surface area contributed by atoms with Gasteiger partial charge in [-0.15, -0.1) is 23.1 Å². The smallest absolute Gasteiger partial charge is 0.321 e. The number of nitrogens with two attached hydrogens (primary N) is 2. The Kier molecular flexibility index (Phi) is 7.10. The van der Waals surface area contributed by atoms with E-state index in [1.54, 1.807) is 5.38 Å². The summed E-state index contributed by atoms with van der Waals surface area (Å²) in [6.45, 7) is 1.09. The Balaban J connectivity index is 1.42. The zero-order valence-electron chi connectivity index (χ0n) is 18.5. The summed E-state index contributed by atoms with van der Waals surface area (Å²) in [6.07, 6.45) is 2.74. The number of carbonyl (C=O) groups is 3. The zero-order valence-corrected chi connectivity index (χ0v) is 20.2. The van der Waals surface area contributed by atoms with E-state index in [9.17, 15) is 14.4 Å². The van der Waals surface area contributed by atoms with Gasteiger partial charge in [-0.25, -0.2) is 4.98 Å². The van der Waals surface area contributed by atoms with Crippen LogP contribution in [-0.2, 0) is 14.3 Å². The van der Waals surface area contributed by atoms with Crippen LogP contribution < -0.4 is 27.0 Å². The maximum absolute atomic E-state index is 12.9. The van der Waals surface area contributed by atoms with Crippen molar-refractivity contribution >= 4 is 57.4 Å². The van der Waals surface area contributed by atoms with Crippen molar-refractivity contribution in [2.75, 3.05) is 35.7 Å². The Morgan fingerprint density at radius 2 is 1.97 bits per heavy atom. The van der Waals surface area contributed by atoms with Crippen molar-refractivity contribution in [1.29, 1.82) is 0 Å². The van der Waals surface area contributed by atoms with Crippen LogP contribution in [0.3, 0.4) is 0 Å². The topological polar surface area (TPSA) is 153 Å². The van der Waals surface area contributed by atoms with Gasteiger partial charge in [-0.3, -0.25) is 14.4 Å². The largest absolute Gasteiger partial charge is 0.468 e. The number of benzene rings is 1. The molecule has 3 heterocycles. The molecule has 0 saturated carbocycles. The first-order valence-corrected chi connectivity index (χ1v) is 12.5. The normalized spacial score (nSPS) is 21.2. The van der Waals surface area contributed by atoms with E-state index in [-0.39, 0.29) is 23.6 Å². The van der Waals surface area contributed by atoms with E-state index in [0.29, 0.717) is 36.8 Å². The fourth-order valence-corrected chi connectivity index (χ4v) is 5.57. The number of nitrogens with one attached hydrogen (secondary N) is 2. The molecule has 4 rings (SSSR count). The standard InChI is InChI=1S/C22H26N6O4S2/c1-32-19(30)17-14(6-11-33-17)26-21-27-15(12-34-21)18(29)25-13-4-2-3-5-16(13)28-9-7-22(24,8-10-28)20(23)31/h2-6,11-12,14,17H,7-10,24H2,1H3,(H2,23,31)(H,25,29)(H,26,27). The molecule has 1 aromatic heterocycles. The predicted octanol–water partition coefficient (Wildman–Crippen LogP) is 1.76. The van der Waals surface area contributed by atoms with Crippen LogP contribution in [0.2, 0.25) is 0 Å². The molecule has 0 spiro atoms. The summed E-state index contributed by atoms with van der Waals surface area (Å²) in [5, 5.41) is 9.76. The van der Waals surface area contributed by atoms with Gasteiger partial charge in [-0.1, -0.05) is 18.2 Å². The van der Waals surface area contributed by atoms with Crippen LogP contribution in [0.5, 0.6) is 0 Å². The van der Waals surface area contributed by atoms with Crippen molar-refractivity contribution in [2.45, 2.75) is 29.7 Å². The van der Waals surface area contributed by atoms with E-state index in [0.717, 1.165) is 5.69 Å². The fourth-order valence-electron chi connectivity index (χ4n) is 3.86. The minimum absolute atomic E-state index is 0.264. The fraction of sp³-hybridized carbons (Fsp3) is 0.364. The molecule has 0 aliphatic carbocycles. The number of carbonyl (C=O) groups excluding carboxylic acids is 3. The van der Waals surface area contributed by atoms with Crippen molar-refractivity contribution in [3.8, 4) is 0 Å². The molecular formula is C22H26N6O4S2. The number of rotatable bonds is 7. The minimum Gasteiger partial charge on any atom is -0.468 e. The van der Waals surface area contributed by atoms with Crippen LogP contribution in [0.25, 0.3) is 0 Å². The van der Waals surface area contributed by atoms with Gasteiger partial charge in [0.2, 0.25) is 5.91 Å². The third-order valence-electron chi connectivity index (χ3n) is 5.94. The second-order valence-electron chi connectivity index (χ2n) is 8.10. The molecule has 1 aromatic carbocycles. The summed E-state index contributed by atoms with van der Waals surface area (Å²) in [5.74, 6) is -1.16. The Labute approximate surface area is 205 Å². The number of methoxy groups -OCH3 is 1. The SMILES string of the molecule is COC(=O)C1SC=CC1Nc1nc(C(=O)Nc2ccccc2N2CCC(N)(C(N)=O)CC2)cs1. The Morgan fingerprint density at radius 1 is 1.24 bits per heavy atom. The lowest BCUT2D eigenvalue weighted by atomic mass is 9.87. The Morgan fingerprint density at radius 3 is 2.68 bits per heavy atom. The molecule has 2 unspecified atom stereocenters. The first kappa shape index (κ1) is 24.0. The number of ether oxygens (including phenoxy) is 1. The molecule has 34 heavy (non-hydrogen) atoms. The van der Waals surface area contributed by atoms with Crippen LogP contribution in [0.4, 0.5) is 16.5 Å². The van der Waals surface area contributed by atoms with E-state index in [2.05, 4.69) is 20.5 Å². The molecule has 1 fully saturated rings. The van der Waals surface area contributed by atoms with E-state index < -0.39 is 16.7 Å². The molecule has 0 radical (unpaired) electrons. The van der Waals surface area contributed by atoms with Gasteiger partial charge in [0.25, 0.3) is 5.91 Å². The number of thioether (sulfide) groups is 1. The highest BCUT2D eigenvalue weighted by Gasteiger charge is 2.36. The summed E-state index contributed by atoms with van der Waals surface area (Å²) >= 11 is 2.66. The number of piperidine rings is 1. The van der Waals surface area contributed by atoms with Gasteiger partial charge >= 0.3 is 5.97 Å². The first-order chi connectivity index (χ1) is 16.3. The zero-order chi connectivity index (χ0) is 24.3. The van der Waals surface area contributed by atoms with Crippen molar-refractivity contribution in [1.82, 2.24) is 4.98 Å². The molecule has 180 valence electrons. The molecule has 1 saturated heterocycles. The van der Waals surface area contributed by atoms with E-state index in [1.807, 2.05) is 35.7 Å². The maximum atomic E-state index is 12.9. The lowest BCUT2D eigenvalue weighted by molar-refractivity contribution is -0.140. The highest BCUT2D eigenvalue weighted by molar-refractivity contribution is 8.03. The van der Waals surface area contributed by atoms with E-state index in [1.165, 1.54) is 30.2 Å². The minimum atomic E-state index is -1.00. The van der Waals surface area contributed by atoms with E-state index in [4.69, 9.17) is 16.2 Å². The highest BCUT2D eigenvalue weighted by Crippen LogP contribution is 2.32. The van der Waals surface area contributed by atoms with Crippen LogP contribution in [-0.4, -0.2) is 59.8 Å². The number of hydrogen-bond donors (Lipinski definition) is 4. The maximum Gasteiger partial charge on any atom is 0.321 e. The summed E-state index contributed by atoms with van der Waals surface area (Å²) < 4.78 is 4.84. The first-order valence-electron chi connectivity index (χ1n) is 10.7. The summed E-state index contributed by atoms with van der Waals surface area (Å²) in [4.78, 5) is 43.0. The average Bonchev–Trinajstić information content (AvgIpc) is 3.50. The summed E-state index contributed by atoms with van der Waals surface area (Å²) in [5.41, 5.74) is 12.3. The molecule has 10 nitrogen and oxygen atoms in total. The monoisotopic (exact) mass is 502 g/mol. The molecule has 2 aliphatic heterocycles. The van der Waals surface area contributed by atoms with Crippen molar-refractivity contribution in [3.63, 3.8) is 0 Å². The average molecular weight is 503 g/mol. The second kappa shape index (κ2) is 10.0. The Bertz CT molecular complexity index is 1110.